The minimum atomic E-state index is -0.0371. The zero-order valence-corrected chi connectivity index (χ0v) is 9.44. The summed E-state index contributed by atoms with van der Waals surface area (Å²) in [6.45, 7) is 6.12. The Kier molecular flexibility index (Phi) is 3.49. The predicted octanol–water partition coefficient (Wildman–Crippen LogP) is 1.50. The molecule has 0 fully saturated rings. The molecule has 1 rings (SSSR count). The topological polar surface area (TPSA) is 43.2 Å². The summed E-state index contributed by atoms with van der Waals surface area (Å²) in [7, 11) is 3.26. The molecule has 0 saturated carbocycles. The second-order valence-electron chi connectivity index (χ2n) is 3.71. The van der Waals surface area contributed by atoms with Crippen molar-refractivity contribution in [1.29, 1.82) is 0 Å². The Labute approximate surface area is 85.0 Å². The average molecular weight is 198 g/mol. The van der Waals surface area contributed by atoms with Gasteiger partial charge in [-0.15, -0.1) is 0 Å². The Morgan fingerprint density at radius 2 is 1.64 bits per heavy atom. The van der Waals surface area contributed by atoms with Crippen LogP contribution in [0.4, 0.5) is 0 Å². The number of methoxy groups -OCH3 is 2. The van der Waals surface area contributed by atoms with E-state index in [0.29, 0.717) is 17.7 Å². The standard InChI is InChI=1S/C10H18N2O2/c1-6(2)8-10(14-5)11-7(3)9(12-8)13-4/h6-8H,1-5H3/t7?,8-/m0/s1. The molecule has 80 valence electrons. The maximum absolute atomic E-state index is 5.22. The van der Waals surface area contributed by atoms with Gasteiger partial charge in [0.15, 0.2) is 0 Å². The van der Waals surface area contributed by atoms with Crippen molar-refractivity contribution in [3.05, 3.63) is 0 Å². The van der Waals surface area contributed by atoms with Gasteiger partial charge in [-0.25, -0.2) is 9.98 Å². The van der Waals surface area contributed by atoms with Gasteiger partial charge in [-0.1, -0.05) is 13.8 Å². The molecule has 0 bridgehead atoms. The van der Waals surface area contributed by atoms with Crippen LogP contribution in [0.1, 0.15) is 20.8 Å². The molecule has 0 amide bonds. The molecule has 0 aromatic heterocycles. The maximum Gasteiger partial charge on any atom is 0.209 e. The van der Waals surface area contributed by atoms with Crippen LogP contribution in [0.25, 0.3) is 0 Å². The molecule has 0 aromatic rings. The highest BCUT2D eigenvalue weighted by atomic mass is 16.5. The minimum Gasteiger partial charge on any atom is -0.483 e. The smallest absolute Gasteiger partial charge is 0.209 e. The van der Waals surface area contributed by atoms with Crippen molar-refractivity contribution in [1.82, 2.24) is 0 Å². The molecule has 0 saturated heterocycles. The zero-order valence-electron chi connectivity index (χ0n) is 9.44. The lowest BCUT2D eigenvalue weighted by molar-refractivity contribution is 0.335. The van der Waals surface area contributed by atoms with Gasteiger partial charge < -0.3 is 9.47 Å². The SMILES string of the molecule is COC1=N[C@@H](C(C)C)C(OC)=NC1C. The molecule has 1 unspecified atom stereocenters. The normalized spacial score (nSPS) is 27.0. The molecular weight excluding hydrogens is 180 g/mol. The van der Waals surface area contributed by atoms with Gasteiger partial charge in [0.25, 0.3) is 0 Å². The summed E-state index contributed by atoms with van der Waals surface area (Å²) in [5.41, 5.74) is 0. The molecule has 0 aliphatic carbocycles. The van der Waals surface area contributed by atoms with E-state index in [1.165, 1.54) is 0 Å². The molecule has 2 atom stereocenters. The van der Waals surface area contributed by atoms with Crippen LogP contribution in [0.3, 0.4) is 0 Å². The first-order valence-electron chi connectivity index (χ1n) is 4.83. The quantitative estimate of drug-likeness (QED) is 0.641. The molecular formula is C10H18N2O2. The first-order chi connectivity index (χ1) is 6.60. The van der Waals surface area contributed by atoms with Crippen LogP contribution >= 0.6 is 0 Å². The zero-order chi connectivity index (χ0) is 10.7. The minimum absolute atomic E-state index is 0.00819. The highest BCUT2D eigenvalue weighted by Crippen LogP contribution is 2.16. The number of nitrogens with zero attached hydrogens (tertiary/aromatic N) is 2. The summed E-state index contributed by atoms with van der Waals surface area (Å²) in [5.74, 6) is 1.75. The van der Waals surface area contributed by atoms with Crippen LogP contribution in [0, 0.1) is 5.92 Å². The molecule has 0 radical (unpaired) electrons. The number of rotatable bonds is 1. The highest BCUT2D eigenvalue weighted by Gasteiger charge is 2.28. The Balaban J connectivity index is 2.91. The van der Waals surface area contributed by atoms with Crippen molar-refractivity contribution >= 4 is 11.8 Å². The van der Waals surface area contributed by atoms with Crippen molar-refractivity contribution in [2.45, 2.75) is 32.9 Å². The molecule has 1 aliphatic rings. The summed E-state index contributed by atoms with van der Waals surface area (Å²) in [6, 6.07) is -0.0453. The molecule has 1 heterocycles. The summed E-state index contributed by atoms with van der Waals surface area (Å²) >= 11 is 0. The Bertz CT molecular complexity index is 259. The fraction of sp³-hybridized carbons (Fsp3) is 0.800. The van der Waals surface area contributed by atoms with E-state index < -0.39 is 0 Å². The first kappa shape index (κ1) is 11.0. The van der Waals surface area contributed by atoms with Gasteiger partial charge in [0.1, 0.15) is 12.1 Å². The molecule has 0 aromatic carbocycles. The molecule has 0 spiro atoms. The van der Waals surface area contributed by atoms with Crippen molar-refractivity contribution in [2.75, 3.05) is 14.2 Å². The Morgan fingerprint density at radius 3 is 2.07 bits per heavy atom. The van der Waals surface area contributed by atoms with Crippen LogP contribution in [0.2, 0.25) is 0 Å². The molecule has 0 N–H and O–H groups in total. The van der Waals surface area contributed by atoms with Gasteiger partial charge in [-0.2, -0.15) is 0 Å². The molecule has 1 aliphatic heterocycles. The van der Waals surface area contributed by atoms with E-state index in [4.69, 9.17) is 9.47 Å². The van der Waals surface area contributed by atoms with Gasteiger partial charge in [0.05, 0.1) is 14.2 Å². The van der Waals surface area contributed by atoms with Crippen LogP contribution in [0.15, 0.2) is 9.98 Å². The van der Waals surface area contributed by atoms with Crippen molar-refractivity contribution in [3.63, 3.8) is 0 Å². The van der Waals surface area contributed by atoms with Gasteiger partial charge in [-0.3, -0.25) is 0 Å². The maximum atomic E-state index is 5.22. The highest BCUT2D eigenvalue weighted by molar-refractivity contribution is 5.93. The summed E-state index contributed by atoms with van der Waals surface area (Å²) in [6.07, 6.45) is 0. The Hall–Kier alpha value is -1.06. The van der Waals surface area contributed by atoms with Gasteiger partial charge in [0, 0.05) is 0 Å². The fourth-order valence-electron chi connectivity index (χ4n) is 1.45. The first-order valence-corrected chi connectivity index (χ1v) is 4.83. The van der Waals surface area contributed by atoms with Crippen LogP contribution in [-0.2, 0) is 9.47 Å². The largest absolute Gasteiger partial charge is 0.483 e. The lowest BCUT2D eigenvalue weighted by atomic mass is 10.0. The van der Waals surface area contributed by atoms with E-state index in [9.17, 15) is 0 Å². The third kappa shape index (κ3) is 2.05. The number of aliphatic imine (C=N–C) groups is 2. The fourth-order valence-corrected chi connectivity index (χ4v) is 1.45. The van der Waals surface area contributed by atoms with Gasteiger partial charge >= 0.3 is 0 Å². The van der Waals surface area contributed by atoms with E-state index in [1.807, 2.05) is 6.92 Å². The van der Waals surface area contributed by atoms with E-state index >= 15 is 0 Å². The summed E-state index contributed by atoms with van der Waals surface area (Å²) in [5, 5.41) is 0. The lowest BCUT2D eigenvalue weighted by Gasteiger charge is -2.25. The van der Waals surface area contributed by atoms with Crippen molar-refractivity contribution < 1.29 is 9.47 Å². The van der Waals surface area contributed by atoms with E-state index in [-0.39, 0.29) is 12.1 Å². The average Bonchev–Trinajstić information content (AvgIpc) is 2.16. The number of hydrogen-bond acceptors (Lipinski definition) is 4. The second kappa shape index (κ2) is 4.44. The third-order valence-corrected chi connectivity index (χ3v) is 2.25. The number of hydrogen-bond donors (Lipinski definition) is 0. The Morgan fingerprint density at radius 1 is 1.07 bits per heavy atom. The number of ether oxygens (including phenoxy) is 2. The van der Waals surface area contributed by atoms with E-state index in [0.717, 1.165) is 0 Å². The van der Waals surface area contributed by atoms with E-state index in [1.54, 1.807) is 14.2 Å². The van der Waals surface area contributed by atoms with Crippen LogP contribution in [0.5, 0.6) is 0 Å². The monoisotopic (exact) mass is 198 g/mol. The van der Waals surface area contributed by atoms with Gasteiger partial charge in [0.2, 0.25) is 11.8 Å². The second-order valence-corrected chi connectivity index (χ2v) is 3.71. The van der Waals surface area contributed by atoms with Crippen LogP contribution < -0.4 is 0 Å². The van der Waals surface area contributed by atoms with Gasteiger partial charge in [-0.05, 0) is 12.8 Å². The van der Waals surface area contributed by atoms with Crippen LogP contribution in [-0.4, -0.2) is 38.1 Å². The predicted molar refractivity (Wildman–Crippen MR) is 57.0 cm³/mol. The van der Waals surface area contributed by atoms with Crippen molar-refractivity contribution in [3.8, 4) is 0 Å². The summed E-state index contributed by atoms with van der Waals surface area (Å²) < 4.78 is 10.4. The lowest BCUT2D eigenvalue weighted by Crippen LogP contribution is -2.36. The summed E-state index contributed by atoms with van der Waals surface area (Å²) in [4.78, 5) is 8.87. The van der Waals surface area contributed by atoms with E-state index in [2.05, 4.69) is 23.8 Å². The van der Waals surface area contributed by atoms with Crippen molar-refractivity contribution in [2.24, 2.45) is 15.9 Å². The third-order valence-electron chi connectivity index (χ3n) is 2.25. The molecule has 14 heavy (non-hydrogen) atoms. The molecule has 4 heteroatoms. The molecule has 4 nitrogen and oxygen atoms in total.